The molecule has 1 heterocycles. The van der Waals surface area contributed by atoms with E-state index in [4.69, 9.17) is 0 Å². The number of benzene rings is 2. The van der Waals surface area contributed by atoms with Gasteiger partial charge in [-0.2, -0.15) is 0 Å². The van der Waals surface area contributed by atoms with Gasteiger partial charge in [-0.3, -0.25) is 14.2 Å². The number of anilines is 1. The number of aromatic nitrogens is 3. The van der Waals surface area contributed by atoms with Crippen LogP contribution in [-0.4, -0.2) is 44.3 Å². The first kappa shape index (κ1) is 20.5. The molecule has 0 saturated heterocycles. The molecule has 0 spiro atoms. The molecule has 0 aliphatic heterocycles. The maximum Gasteiger partial charge on any atom is 0.233 e. The van der Waals surface area contributed by atoms with Crippen molar-refractivity contribution in [2.45, 2.75) is 18.6 Å². The fourth-order valence-corrected chi connectivity index (χ4v) is 3.49. The van der Waals surface area contributed by atoms with Crippen molar-refractivity contribution < 1.29 is 14.0 Å². The van der Waals surface area contributed by atoms with Crippen molar-refractivity contribution in [3.8, 4) is 5.69 Å². The van der Waals surface area contributed by atoms with Crippen molar-refractivity contribution in [3.05, 3.63) is 66.2 Å². The highest BCUT2D eigenvalue weighted by Gasteiger charge is 2.14. The number of carbonyl (C=O) groups is 2. The van der Waals surface area contributed by atoms with Gasteiger partial charge in [0, 0.05) is 26.2 Å². The summed E-state index contributed by atoms with van der Waals surface area (Å²) in [5, 5.41) is 11.3. The molecule has 0 unspecified atom stereocenters. The highest BCUT2D eigenvalue weighted by molar-refractivity contribution is 7.99. The summed E-state index contributed by atoms with van der Waals surface area (Å²) in [4.78, 5) is 25.3. The Morgan fingerprint density at radius 1 is 1.21 bits per heavy atom. The quantitative estimate of drug-likeness (QED) is 0.602. The lowest BCUT2D eigenvalue weighted by Gasteiger charge is -2.17. The Morgan fingerprint density at radius 2 is 1.97 bits per heavy atom. The summed E-state index contributed by atoms with van der Waals surface area (Å²) in [6.07, 6.45) is 1.56. The maximum absolute atomic E-state index is 13.0. The molecule has 0 radical (unpaired) electrons. The first-order chi connectivity index (χ1) is 13.9. The minimum Gasteiger partial charge on any atom is -0.341 e. The molecule has 0 aliphatic rings. The van der Waals surface area contributed by atoms with Crippen LogP contribution in [0, 0.1) is 5.82 Å². The SMILES string of the molecule is CC(=O)Nc1cccc(-n2cnnc2SCC(=O)N(C)Cc2ccc(F)cc2)c1. The van der Waals surface area contributed by atoms with E-state index in [-0.39, 0.29) is 23.4 Å². The van der Waals surface area contributed by atoms with Gasteiger partial charge < -0.3 is 10.2 Å². The second-order valence-corrected chi connectivity index (χ2v) is 7.32. The highest BCUT2D eigenvalue weighted by atomic mass is 32.2. The minimum atomic E-state index is -0.305. The van der Waals surface area contributed by atoms with Gasteiger partial charge in [-0.1, -0.05) is 30.0 Å². The van der Waals surface area contributed by atoms with Crippen LogP contribution in [0.3, 0.4) is 0 Å². The molecule has 0 fully saturated rings. The molecule has 0 atom stereocenters. The minimum absolute atomic E-state index is 0.0825. The monoisotopic (exact) mass is 413 g/mol. The number of hydrogen-bond acceptors (Lipinski definition) is 5. The predicted octanol–water partition coefficient (Wildman–Crippen LogP) is 3.12. The number of hydrogen-bond donors (Lipinski definition) is 1. The number of rotatable bonds is 7. The molecule has 9 heteroatoms. The Balaban J connectivity index is 1.63. The lowest BCUT2D eigenvalue weighted by molar-refractivity contribution is -0.127. The van der Waals surface area contributed by atoms with Gasteiger partial charge in [0.1, 0.15) is 12.1 Å². The Bertz CT molecular complexity index is 1010. The summed E-state index contributed by atoms with van der Waals surface area (Å²) in [5.74, 6) is -0.363. The third-order valence-electron chi connectivity index (χ3n) is 4.04. The number of nitrogens with zero attached hydrogens (tertiary/aromatic N) is 4. The van der Waals surface area contributed by atoms with Crippen LogP contribution in [0.15, 0.2) is 60.0 Å². The first-order valence-corrected chi connectivity index (χ1v) is 9.80. The zero-order chi connectivity index (χ0) is 20.8. The van der Waals surface area contributed by atoms with Crippen LogP contribution in [0.4, 0.5) is 10.1 Å². The fourth-order valence-electron chi connectivity index (χ4n) is 2.63. The van der Waals surface area contributed by atoms with E-state index in [9.17, 15) is 14.0 Å². The topological polar surface area (TPSA) is 80.1 Å². The molecule has 7 nitrogen and oxygen atoms in total. The van der Waals surface area contributed by atoms with E-state index in [2.05, 4.69) is 15.5 Å². The van der Waals surface area contributed by atoms with E-state index in [1.165, 1.54) is 30.8 Å². The van der Waals surface area contributed by atoms with Gasteiger partial charge in [-0.05, 0) is 35.9 Å². The number of nitrogens with one attached hydrogen (secondary N) is 1. The van der Waals surface area contributed by atoms with E-state index in [1.54, 1.807) is 47.1 Å². The van der Waals surface area contributed by atoms with Crippen molar-refractivity contribution in [2.75, 3.05) is 18.1 Å². The third kappa shape index (κ3) is 5.64. The third-order valence-corrected chi connectivity index (χ3v) is 4.97. The van der Waals surface area contributed by atoms with E-state index in [0.29, 0.717) is 17.4 Å². The van der Waals surface area contributed by atoms with E-state index in [0.717, 1.165) is 11.3 Å². The number of thioether (sulfide) groups is 1. The smallest absolute Gasteiger partial charge is 0.233 e. The number of amides is 2. The van der Waals surface area contributed by atoms with Crippen LogP contribution >= 0.6 is 11.8 Å². The van der Waals surface area contributed by atoms with Crippen molar-refractivity contribution in [1.82, 2.24) is 19.7 Å². The molecule has 150 valence electrons. The van der Waals surface area contributed by atoms with Gasteiger partial charge in [0.05, 0.1) is 11.4 Å². The van der Waals surface area contributed by atoms with Crippen molar-refractivity contribution in [3.63, 3.8) is 0 Å². The predicted molar refractivity (Wildman–Crippen MR) is 109 cm³/mol. The van der Waals surface area contributed by atoms with E-state index in [1.807, 2.05) is 12.1 Å². The largest absolute Gasteiger partial charge is 0.341 e. The van der Waals surface area contributed by atoms with Crippen molar-refractivity contribution in [1.29, 1.82) is 0 Å². The second-order valence-electron chi connectivity index (χ2n) is 6.38. The second kappa shape index (κ2) is 9.33. The molecular formula is C20H20FN5O2S. The average molecular weight is 413 g/mol. The molecule has 0 bridgehead atoms. The van der Waals surface area contributed by atoms with Gasteiger partial charge in [0.25, 0.3) is 0 Å². The van der Waals surface area contributed by atoms with E-state index < -0.39 is 0 Å². The average Bonchev–Trinajstić information content (AvgIpc) is 3.16. The molecule has 2 amide bonds. The number of carbonyl (C=O) groups excluding carboxylic acids is 2. The Labute approximate surface area is 171 Å². The summed E-state index contributed by atoms with van der Waals surface area (Å²) in [7, 11) is 1.70. The van der Waals surface area contributed by atoms with Gasteiger partial charge in [-0.25, -0.2) is 4.39 Å². The Kier molecular flexibility index (Phi) is 6.61. The molecule has 0 aliphatic carbocycles. The van der Waals surface area contributed by atoms with Crippen molar-refractivity contribution in [2.24, 2.45) is 0 Å². The van der Waals surface area contributed by atoms with Crippen LogP contribution in [0.25, 0.3) is 5.69 Å². The van der Waals surface area contributed by atoms with Crippen LogP contribution in [0.1, 0.15) is 12.5 Å². The van der Waals surface area contributed by atoms with Crippen LogP contribution < -0.4 is 5.32 Å². The first-order valence-electron chi connectivity index (χ1n) is 8.81. The fraction of sp³-hybridized carbons (Fsp3) is 0.200. The lowest BCUT2D eigenvalue weighted by Crippen LogP contribution is -2.27. The molecule has 1 N–H and O–H groups in total. The highest BCUT2D eigenvalue weighted by Crippen LogP contribution is 2.22. The molecule has 29 heavy (non-hydrogen) atoms. The Hall–Kier alpha value is -3.20. The molecule has 3 rings (SSSR count). The van der Waals surface area contributed by atoms with Crippen LogP contribution in [-0.2, 0) is 16.1 Å². The van der Waals surface area contributed by atoms with Gasteiger partial charge >= 0.3 is 0 Å². The normalized spacial score (nSPS) is 10.6. The zero-order valence-corrected chi connectivity index (χ0v) is 16.8. The zero-order valence-electron chi connectivity index (χ0n) is 16.0. The summed E-state index contributed by atoms with van der Waals surface area (Å²) in [5.41, 5.74) is 2.29. The maximum atomic E-state index is 13.0. The van der Waals surface area contributed by atoms with Gasteiger partial charge in [0.15, 0.2) is 5.16 Å². The summed E-state index contributed by atoms with van der Waals surface area (Å²) >= 11 is 1.27. The summed E-state index contributed by atoms with van der Waals surface area (Å²) in [6, 6.07) is 13.3. The molecule has 3 aromatic rings. The molecular weight excluding hydrogens is 393 g/mol. The van der Waals surface area contributed by atoms with Gasteiger partial charge in [-0.15, -0.1) is 10.2 Å². The molecule has 2 aromatic carbocycles. The molecule has 0 saturated carbocycles. The lowest BCUT2D eigenvalue weighted by atomic mass is 10.2. The number of halogens is 1. The summed E-state index contributed by atoms with van der Waals surface area (Å²) in [6.45, 7) is 1.84. The Morgan fingerprint density at radius 3 is 2.69 bits per heavy atom. The van der Waals surface area contributed by atoms with E-state index >= 15 is 0 Å². The summed E-state index contributed by atoms with van der Waals surface area (Å²) < 4.78 is 14.8. The molecule has 1 aromatic heterocycles. The van der Waals surface area contributed by atoms with Crippen molar-refractivity contribution >= 4 is 29.3 Å². The van der Waals surface area contributed by atoms with Crippen LogP contribution in [0.5, 0.6) is 0 Å². The van der Waals surface area contributed by atoms with Crippen LogP contribution in [0.2, 0.25) is 0 Å². The standard InChI is InChI=1S/C20H20FN5O2S/c1-14(27)23-17-4-3-5-18(10-17)26-13-22-24-20(26)29-12-19(28)25(2)11-15-6-8-16(21)9-7-15/h3-10,13H,11-12H2,1-2H3,(H,23,27). The van der Waals surface area contributed by atoms with Gasteiger partial charge in [0.2, 0.25) is 11.8 Å².